The smallest absolute Gasteiger partial charge is 0.335 e. The number of aliphatic hydroxyl groups is 3. The molecular formula is C18H34N2O7. The van der Waals surface area contributed by atoms with Gasteiger partial charge < -0.3 is 30.5 Å². The van der Waals surface area contributed by atoms with Crippen molar-refractivity contribution in [3.05, 3.63) is 0 Å². The maximum atomic E-state index is 11.1. The van der Waals surface area contributed by atoms with E-state index in [2.05, 4.69) is 10.6 Å². The van der Waals surface area contributed by atoms with E-state index in [-0.39, 0.29) is 5.91 Å². The van der Waals surface area contributed by atoms with E-state index < -0.39 is 36.6 Å². The maximum Gasteiger partial charge on any atom is 0.335 e. The van der Waals surface area contributed by atoms with Gasteiger partial charge in [0.05, 0.1) is 0 Å². The predicted molar refractivity (Wildman–Crippen MR) is 97.9 cm³/mol. The summed E-state index contributed by atoms with van der Waals surface area (Å²) in [5, 5.41) is 43.7. The zero-order chi connectivity index (χ0) is 20.2. The van der Waals surface area contributed by atoms with Crippen molar-refractivity contribution in [2.24, 2.45) is 0 Å². The molecule has 4 unspecified atom stereocenters. The first-order chi connectivity index (χ1) is 12.9. The molecule has 158 valence electrons. The number of hydrogen-bond acceptors (Lipinski definition) is 7. The third-order valence-corrected chi connectivity index (χ3v) is 4.81. The Balaban J connectivity index is 2.06. The number of carboxylic acids is 1. The minimum atomic E-state index is -1.66. The van der Waals surface area contributed by atoms with Crippen LogP contribution in [0.1, 0.15) is 57.8 Å². The molecule has 9 heteroatoms. The number of aliphatic carboxylic acids is 1. The number of amides is 1. The number of carboxylic acid groups (broad SMARTS) is 1. The lowest BCUT2D eigenvalue weighted by atomic mass is 9.98. The van der Waals surface area contributed by atoms with Gasteiger partial charge in [-0.3, -0.25) is 10.1 Å². The minimum absolute atomic E-state index is 0.0891. The van der Waals surface area contributed by atoms with Crippen LogP contribution in [0, 0.1) is 0 Å². The quantitative estimate of drug-likeness (QED) is 0.235. The summed E-state index contributed by atoms with van der Waals surface area (Å²) in [6.45, 7) is 0.517. The Kier molecular flexibility index (Phi) is 11.5. The molecule has 0 bridgehead atoms. The van der Waals surface area contributed by atoms with Crippen LogP contribution in [0.3, 0.4) is 0 Å². The Morgan fingerprint density at radius 3 is 1.96 bits per heavy atom. The average Bonchev–Trinajstić information content (AvgIpc) is 2.65. The monoisotopic (exact) mass is 390 g/mol. The van der Waals surface area contributed by atoms with Crippen LogP contribution in [-0.2, 0) is 14.3 Å². The van der Waals surface area contributed by atoms with Crippen LogP contribution in [0.5, 0.6) is 0 Å². The normalized spacial score (nSPS) is 28.1. The van der Waals surface area contributed by atoms with E-state index in [9.17, 15) is 24.9 Å². The van der Waals surface area contributed by atoms with Crippen molar-refractivity contribution in [3.8, 4) is 0 Å². The van der Waals surface area contributed by atoms with Crippen LogP contribution in [0.15, 0.2) is 0 Å². The van der Waals surface area contributed by atoms with E-state index in [1.165, 1.54) is 0 Å². The second-order valence-electron chi connectivity index (χ2n) is 6.99. The molecule has 0 aromatic heterocycles. The summed E-state index contributed by atoms with van der Waals surface area (Å²) in [6, 6.07) is 0. The summed E-state index contributed by atoms with van der Waals surface area (Å²) >= 11 is 0. The minimum Gasteiger partial charge on any atom is -0.479 e. The Morgan fingerprint density at radius 2 is 1.41 bits per heavy atom. The predicted octanol–water partition coefficient (Wildman–Crippen LogP) is -0.275. The average molecular weight is 390 g/mol. The lowest BCUT2D eigenvalue weighted by Crippen LogP contribution is -2.63. The van der Waals surface area contributed by atoms with E-state index in [0.717, 1.165) is 51.4 Å². The lowest BCUT2D eigenvalue weighted by Gasteiger charge is -2.39. The number of aliphatic hydroxyl groups excluding tert-OH is 3. The molecule has 1 heterocycles. The van der Waals surface area contributed by atoms with Crippen LogP contribution >= 0.6 is 0 Å². The number of nitrogens with one attached hydrogen (secondary N) is 2. The van der Waals surface area contributed by atoms with Crippen molar-refractivity contribution < 1.29 is 34.8 Å². The van der Waals surface area contributed by atoms with Gasteiger partial charge in [0.15, 0.2) is 6.10 Å². The molecule has 1 saturated heterocycles. The molecule has 1 aliphatic rings. The van der Waals surface area contributed by atoms with Gasteiger partial charge in [0.2, 0.25) is 5.91 Å². The zero-order valence-corrected chi connectivity index (χ0v) is 16.0. The van der Waals surface area contributed by atoms with Gasteiger partial charge in [-0.25, -0.2) is 4.79 Å². The molecule has 0 aliphatic carbocycles. The van der Waals surface area contributed by atoms with Gasteiger partial charge in [0, 0.05) is 13.5 Å². The number of carbonyl (C=O) groups excluding carboxylic acids is 1. The van der Waals surface area contributed by atoms with Crippen LogP contribution in [0.4, 0.5) is 0 Å². The van der Waals surface area contributed by atoms with Gasteiger partial charge in [-0.1, -0.05) is 38.5 Å². The van der Waals surface area contributed by atoms with Gasteiger partial charge in [-0.15, -0.1) is 0 Å². The highest BCUT2D eigenvalue weighted by atomic mass is 16.6. The van der Waals surface area contributed by atoms with Crippen LogP contribution in [0.2, 0.25) is 0 Å². The lowest BCUT2D eigenvalue weighted by molar-refractivity contribution is -0.233. The fourth-order valence-electron chi connectivity index (χ4n) is 3.09. The van der Waals surface area contributed by atoms with E-state index in [1.807, 2.05) is 0 Å². The fourth-order valence-corrected chi connectivity index (χ4v) is 3.09. The molecule has 0 saturated carbocycles. The van der Waals surface area contributed by atoms with Crippen molar-refractivity contribution >= 4 is 11.9 Å². The highest BCUT2D eigenvalue weighted by Crippen LogP contribution is 2.20. The molecule has 1 rings (SSSR count). The Hall–Kier alpha value is -1.26. The first-order valence-electron chi connectivity index (χ1n) is 9.75. The van der Waals surface area contributed by atoms with E-state index in [0.29, 0.717) is 13.0 Å². The van der Waals surface area contributed by atoms with Gasteiger partial charge >= 0.3 is 5.97 Å². The number of hydrogen-bond donors (Lipinski definition) is 6. The van der Waals surface area contributed by atoms with Gasteiger partial charge in [-0.2, -0.15) is 0 Å². The van der Waals surface area contributed by atoms with Crippen LogP contribution < -0.4 is 10.6 Å². The summed E-state index contributed by atoms with van der Waals surface area (Å²) < 4.78 is 5.15. The van der Waals surface area contributed by atoms with Crippen molar-refractivity contribution in [1.82, 2.24) is 10.6 Å². The molecule has 27 heavy (non-hydrogen) atoms. The first kappa shape index (κ1) is 23.8. The van der Waals surface area contributed by atoms with E-state index in [4.69, 9.17) is 9.84 Å². The first-order valence-corrected chi connectivity index (χ1v) is 9.75. The third kappa shape index (κ3) is 8.52. The second-order valence-corrected chi connectivity index (χ2v) is 6.99. The molecule has 0 aromatic carbocycles. The van der Waals surface area contributed by atoms with Gasteiger partial charge in [-0.05, 0) is 19.4 Å². The van der Waals surface area contributed by atoms with Gasteiger partial charge in [0.25, 0.3) is 0 Å². The van der Waals surface area contributed by atoms with E-state index in [1.54, 1.807) is 7.05 Å². The Bertz CT molecular complexity index is 449. The largest absolute Gasteiger partial charge is 0.479 e. The highest BCUT2D eigenvalue weighted by molar-refractivity contribution is 5.75. The van der Waals surface area contributed by atoms with Gasteiger partial charge in [0.1, 0.15) is 24.5 Å². The molecule has 0 spiro atoms. The fraction of sp³-hybridized carbons (Fsp3) is 0.889. The summed E-state index contributed by atoms with van der Waals surface area (Å²) in [5.74, 6) is -1.29. The zero-order valence-electron chi connectivity index (χ0n) is 16.0. The van der Waals surface area contributed by atoms with Crippen molar-refractivity contribution in [3.63, 3.8) is 0 Å². The SMILES string of the molecule is CNC(=O)CCCCCCCCCCNC1OC(C(=O)O)C(O)C(O)[C@H]1O. The molecule has 9 nitrogen and oxygen atoms in total. The molecule has 5 atom stereocenters. The summed E-state index contributed by atoms with van der Waals surface area (Å²) in [6.07, 6.45) is 1.64. The molecular weight excluding hydrogens is 356 g/mol. The summed E-state index contributed by atoms with van der Waals surface area (Å²) in [7, 11) is 1.65. The van der Waals surface area contributed by atoms with E-state index >= 15 is 0 Å². The highest BCUT2D eigenvalue weighted by Gasteiger charge is 2.46. The number of rotatable bonds is 13. The number of carbonyl (C=O) groups is 2. The second kappa shape index (κ2) is 13.0. The molecule has 0 aromatic rings. The summed E-state index contributed by atoms with van der Waals surface area (Å²) in [5.41, 5.74) is 0. The molecule has 6 N–H and O–H groups in total. The topological polar surface area (TPSA) is 148 Å². The maximum absolute atomic E-state index is 11.1. The van der Waals surface area contributed by atoms with Crippen LogP contribution in [-0.4, -0.2) is 76.5 Å². The number of unbranched alkanes of at least 4 members (excludes halogenated alkanes) is 7. The molecule has 1 amide bonds. The third-order valence-electron chi connectivity index (χ3n) is 4.81. The molecule has 0 radical (unpaired) electrons. The summed E-state index contributed by atoms with van der Waals surface area (Å²) in [4.78, 5) is 22.1. The van der Waals surface area contributed by atoms with Crippen molar-refractivity contribution in [1.29, 1.82) is 0 Å². The molecule has 1 fully saturated rings. The van der Waals surface area contributed by atoms with Crippen LogP contribution in [0.25, 0.3) is 0 Å². The number of ether oxygens (including phenoxy) is 1. The Morgan fingerprint density at radius 1 is 0.852 bits per heavy atom. The Labute approximate surface area is 160 Å². The molecule has 1 aliphatic heterocycles. The standard InChI is InChI=1S/C18H34N2O7/c1-19-12(21)10-8-6-4-2-3-5-7-9-11-20-17-15(24)13(22)14(23)16(27-17)18(25)26/h13-17,20,22-24H,2-11H2,1H3,(H,19,21)(H,25,26)/t13?,14?,15-,16?,17?/m1/s1. The van der Waals surface area contributed by atoms with Crippen molar-refractivity contribution in [2.45, 2.75) is 88.4 Å². The van der Waals surface area contributed by atoms with Crippen molar-refractivity contribution in [2.75, 3.05) is 13.6 Å².